The summed E-state index contributed by atoms with van der Waals surface area (Å²) in [6, 6.07) is 7.50. The SMILES string of the molecule is CCCN(CC)Cc1ccc2c(c1)C(C(=O)Nc1cc(C)c(O)c(C)c1C)N(C(=O)C(C)(C)C)CC2.Cl. The summed E-state index contributed by atoms with van der Waals surface area (Å²) in [5.41, 5.74) is 5.51. The van der Waals surface area contributed by atoms with Crippen LogP contribution in [-0.4, -0.2) is 46.4 Å². The van der Waals surface area contributed by atoms with Crippen molar-refractivity contribution in [2.75, 3.05) is 25.0 Å². The number of rotatable bonds is 7. The number of benzene rings is 2. The monoisotopic (exact) mass is 529 g/mol. The molecule has 1 unspecified atom stereocenters. The van der Waals surface area contributed by atoms with Crippen molar-refractivity contribution in [2.24, 2.45) is 5.41 Å². The van der Waals surface area contributed by atoms with Crippen LogP contribution < -0.4 is 5.32 Å². The number of phenolic OH excluding ortho intramolecular Hbond substituents is 1. The molecule has 6 nitrogen and oxygen atoms in total. The lowest BCUT2D eigenvalue weighted by molar-refractivity contribution is -0.146. The van der Waals surface area contributed by atoms with Crippen LogP contribution in [0.5, 0.6) is 5.75 Å². The largest absolute Gasteiger partial charge is 0.507 e. The third-order valence-electron chi connectivity index (χ3n) is 7.30. The summed E-state index contributed by atoms with van der Waals surface area (Å²) >= 11 is 0. The van der Waals surface area contributed by atoms with Gasteiger partial charge in [0.25, 0.3) is 5.91 Å². The van der Waals surface area contributed by atoms with Gasteiger partial charge in [0.2, 0.25) is 5.91 Å². The van der Waals surface area contributed by atoms with Gasteiger partial charge in [0, 0.05) is 24.2 Å². The molecule has 204 valence electrons. The van der Waals surface area contributed by atoms with Crippen molar-refractivity contribution in [1.82, 2.24) is 9.80 Å². The predicted octanol–water partition coefficient (Wildman–Crippen LogP) is 6.08. The highest BCUT2D eigenvalue weighted by Gasteiger charge is 2.40. The maximum absolute atomic E-state index is 13.9. The Morgan fingerprint density at radius 3 is 2.38 bits per heavy atom. The van der Waals surface area contributed by atoms with E-state index in [4.69, 9.17) is 0 Å². The average Bonchev–Trinajstić information content (AvgIpc) is 2.83. The van der Waals surface area contributed by atoms with E-state index in [1.165, 1.54) is 0 Å². The summed E-state index contributed by atoms with van der Waals surface area (Å²) in [6.07, 6.45) is 1.81. The maximum atomic E-state index is 13.9. The van der Waals surface area contributed by atoms with Gasteiger partial charge in [-0.2, -0.15) is 0 Å². The summed E-state index contributed by atoms with van der Waals surface area (Å²) in [6.45, 7) is 18.9. The minimum absolute atomic E-state index is 0. The van der Waals surface area contributed by atoms with Crippen LogP contribution in [-0.2, 0) is 22.6 Å². The van der Waals surface area contributed by atoms with E-state index in [0.717, 1.165) is 60.3 Å². The van der Waals surface area contributed by atoms with Gasteiger partial charge in [-0.3, -0.25) is 14.5 Å². The van der Waals surface area contributed by atoms with E-state index in [1.54, 1.807) is 11.0 Å². The summed E-state index contributed by atoms with van der Waals surface area (Å²) in [7, 11) is 0. The topological polar surface area (TPSA) is 72.9 Å². The first-order chi connectivity index (χ1) is 16.9. The third-order valence-corrected chi connectivity index (χ3v) is 7.30. The van der Waals surface area contributed by atoms with Crippen molar-refractivity contribution in [1.29, 1.82) is 0 Å². The Balaban J connectivity index is 0.00000481. The smallest absolute Gasteiger partial charge is 0.251 e. The molecule has 1 aliphatic rings. The summed E-state index contributed by atoms with van der Waals surface area (Å²) in [4.78, 5) is 31.6. The quantitative estimate of drug-likeness (QED) is 0.426. The fourth-order valence-corrected chi connectivity index (χ4v) is 5.02. The maximum Gasteiger partial charge on any atom is 0.251 e. The molecule has 0 aromatic heterocycles. The molecule has 7 heteroatoms. The Hall–Kier alpha value is -2.57. The van der Waals surface area contributed by atoms with Crippen molar-refractivity contribution in [3.8, 4) is 5.75 Å². The highest BCUT2D eigenvalue weighted by atomic mass is 35.5. The lowest BCUT2D eigenvalue weighted by atomic mass is 9.86. The number of halogens is 1. The van der Waals surface area contributed by atoms with Crippen LogP contribution in [0.25, 0.3) is 0 Å². The van der Waals surface area contributed by atoms with Gasteiger partial charge >= 0.3 is 0 Å². The van der Waals surface area contributed by atoms with Crippen LogP contribution in [0.15, 0.2) is 24.3 Å². The minimum Gasteiger partial charge on any atom is -0.507 e. The number of hydrogen-bond donors (Lipinski definition) is 2. The number of fused-ring (bicyclic) bond motifs is 1. The van der Waals surface area contributed by atoms with Crippen molar-refractivity contribution < 1.29 is 14.7 Å². The highest BCUT2D eigenvalue weighted by molar-refractivity contribution is 5.99. The van der Waals surface area contributed by atoms with Gasteiger partial charge in [0.15, 0.2) is 0 Å². The first kappa shape index (κ1) is 30.7. The third kappa shape index (κ3) is 6.66. The number of phenols is 1. The second kappa shape index (κ2) is 12.3. The fourth-order valence-electron chi connectivity index (χ4n) is 5.02. The number of nitrogens with zero attached hydrogens (tertiary/aromatic N) is 2. The molecule has 2 aromatic rings. The molecule has 1 heterocycles. The summed E-state index contributed by atoms with van der Waals surface area (Å²) in [5, 5.41) is 13.4. The highest BCUT2D eigenvalue weighted by Crippen LogP contribution is 2.36. The van der Waals surface area contributed by atoms with Crippen LogP contribution >= 0.6 is 12.4 Å². The molecule has 0 bridgehead atoms. The lowest BCUT2D eigenvalue weighted by Gasteiger charge is -2.40. The van der Waals surface area contributed by atoms with E-state index in [-0.39, 0.29) is 30.0 Å². The molecule has 0 fully saturated rings. The van der Waals surface area contributed by atoms with E-state index in [9.17, 15) is 14.7 Å². The normalized spacial score (nSPS) is 15.3. The van der Waals surface area contributed by atoms with E-state index in [0.29, 0.717) is 17.8 Å². The zero-order valence-corrected chi connectivity index (χ0v) is 24.5. The molecule has 1 atom stereocenters. The predicted molar refractivity (Wildman–Crippen MR) is 153 cm³/mol. The van der Waals surface area contributed by atoms with E-state index in [1.807, 2.05) is 41.5 Å². The molecular formula is C30H44ClN3O3. The molecule has 0 saturated heterocycles. The van der Waals surface area contributed by atoms with Gasteiger partial charge in [-0.15, -0.1) is 12.4 Å². The lowest BCUT2D eigenvalue weighted by Crippen LogP contribution is -2.49. The Kier molecular flexibility index (Phi) is 10.2. The average molecular weight is 530 g/mol. The van der Waals surface area contributed by atoms with Gasteiger partial charge in [-0.05, 0) is 86.1 Å². The number of carbonyl (C=O) groups excluding carboxylic acids is 2. The van der Waals surface area contributed by atoms with Crippen molar-refractivity contribution in [3.63, 3.8) is 0 Å². The molecular weight excluding hydrogens is 486 g/mol. The second-order valence-corrected chi connectivity index (χ2v) is 11.1. The fraction of sp³-hybridized carbons (Fsp3) is 0.533. The van der Waals surface area contributed by atoms with Crippen molar-refractivity contribution in [3.05, 3.63) is 57.6 Å². The number of nitrogens with one attached hydrogen (secondary N) is 1. The van der Waals surface area contributed by atoms with Gasteiger partial charge in [-0.25, -0.2) is 0 Å². The molecule has 2 amide bonds. The Morgan fingerprint density at radius 2 is 1.78 bits per heavy atom. The molecule has 2 aromatic carbocycles. The standard InChI is InChI=1S/C30H43N3O3.ClH/c1-9-14-32(10-2)18-22-11-12-23-13-15-33(29(36)30(6,7)8)26(24(23)17-22)28(35)31-25-16-19(3)27(34)21(5)20(25)4;/h11-12,16-17,26,34H,9-10,13-15,18H2,1-8H3,(H,31,35);1H. The van der Waals surface area contributed by atoms with Crippen molar-refractivity contribution in [2.45, 2.75) is 80.8 Å². The molecule has 0 aliphatic carbocycles. The molecule has 2 N–H and O–H groups in total. The Bertz CT molecular complexity index is 1140. The molecule has 37 heavy (non-hydrogen) atoms. The summed E-state index contributed by atoms with van der Waals surface area (Å²) in [5.74, 6) is -0.0101. The number of aryl methyl sites for hydroxylation is 1. The second-order valence-electron chi connectivity index (χ2n) is 11.1. The minimum atomic E-state index is -0.713. The number of aromatic hydroxyl groups is 1. The van der Waals surface area contributed by atoms with Crippen LogP contribution in [0.3, 0.4) is 0 Å². The van der Waals surface area contributed by atoms with Gasteiger partial charge in [0.05, 0.1) is 0 Å². The number of amides is 2. The molecule has 0 spiro atoms. The van der Waals surface area contributed by atoms with Gasteiger partial charge in [-0.1, -0.05) is 52.8 Å². The molecule has 0 radical (unpaired) electrons. The van der Waals surface area contributed by atoms with E-state index in [2.05, 4.69) is 42.3 Å². The van der Waals surface area contributed by atoms with Gasteiger partial charge < -0.3 is 15.3 Å². The Labute approximate surface area is 228 Å². The first-order valence-corrected chi connectivity index (χ1v) is 13.1. The van der Waals surface area contributed by atoms with E-state index < -0.39 is 11.5 Å². The molecule has 1 aliphatic heterocycles. The molecule has 3 rings (SSSR count). The van der Waals surface area contributed by atoms with E-state index >= 15 is 0 Å². The first-order valence-electron chi connectivity index (χ1n) is 13.1. The van der Waals surface area contributed by atoms with Crippen LogP contribution in [0.4, 0.5) is 5.69 Å². The van der Waals surface area contributed by atoms with Crippen molar-refractivity contribution >= 4 is 29.9 Å². The van der Waals surface area contributed by atoms with Crippen LogP contribution in [0.2, 0.25) is 0 Å². The van der Waals surface area contributed by atoms with Gasteiger partial charge in [0.1, 0.15) is 11.8 Å². The summed E-state index contributed by atoms with van der Waals surface area (Å²) < 4.78 is 0. The number of carbonyl (C=O) groups is 2. The zero-order valence-electron chi connectivity index (χ0n) is 23.7. The number of hydrogen-bond acceptors (Lipinski definition) is 4. The van der Waals surface area contributed by atoms with Crippen LogP contribution in [0.1, 0.15) is 80.5 Å². The van der Waals surface area contributed by atoms with Crippen LogP contribution in [0, 0.1) is 26.2 Å². The number of anilines is 1. The zero-order chi connectivity index (χ0) is 26.8. The Morgan fingerprint density at radius 1 is 1.11 bits per heavy atom. The molecule has 0 saturated carbocycles.